The third-order valence-electron chi connectivity index (χ3n) is 9.85. The van der Waals surface area contributed by atoms with E-state index in [2.05, 4.69) is 94.5 Å². The lowest BCUT2D eigenvalue weighted by Crippen LogP contribution is -2.50. The van der Waals surface area contributed by atoms with Crippen LogP contribution in [0.5, 0.6) is 0 Å². The standard InChI is InChI=1S/C19H28N2O4.C18H36N2O2.C3H8.C2H4.CH3NO/c1-13(17(25-3)16-10-7-11-21(16)2)18(22)20-15(19(23)24)12-14-8-5-4-6-9-14;1-9-14(4)18(17(22-8)10-11-21)20(7)15(5)12-16(19-6)13(2)3;1-3-2;1-2;2-1-3/h4-6,8-9,13,15-17H,7,10-12H2,1-3H3,(H,20,22)(H,23,24);11,13-14,16-19H,5,9-10,12H2,1-4,6-8H3;3H2,1-2H3;1-2H2;1H,(H2,2,3). The van der Waals surface area contributed by atoms with Crippen LogP contribution in [0.1, 0.15) is 92.6 Å². The molecule has 1 aliphatic heterocycles. The molecule has 55 heavy (non-hydrogen) atoms. The molecule has 2 amide bonds. The Morgan fingerprint density at radius 3 is 2.00 bits per heavy atom. The number of benzene rings is 1. The van der Waals surface area contributed by atoms with Crippen molar-refractivity contribution in [2.45, 2.75) is 130 Å². The molecule has 8 unspecified atom stereocenters. The SMILES string of the molecule is C=C.C=C(CC(NC)C(C)C)N(C)C(C(C)CC)C(CC=O)OC.CCC.COC(C(C)C(=O)NC(Cc1ccccc1)C(=O)O)C1CCCN1C.NC=O. The number of aliphatic carboxylic acids is 1. The molecule has 0 radical (unpaired) electrons. The molecular weight excluding hydrogens is 699 g/mol. The predicted molar refractivity (Wildman–Crippen MR) is 227 cm³/mol. The number of nitrogens with one attached hydrogen (secondary N) is 2. The number of carboxylic acid groups (broad SMARTS) is 1. The third-order valence-corrected chi connectivity index (χ3v) is 9.85. The van der Waals surface area contributed by atoms with Gasteiger partial charge >= 0.3 is 5.97 Å². The van der Waals surface area contributed by atoms with Crippen molar-refractivity contribution in [3.8, 4) is 0 Å². The van der Waals surface area contributed by atoms with Gasteiger partial charge in [0.25, 0.3) is 0 Å². The Morgan fingerprint density at radius 1 is 1.07 bits per heavy atom. The monoisotopic (exact) mass is 778 g/mol. The van der Waals surface area contributed by atoms with Crippen molar-refractivity contribution in [2.24, 2.45) is 23.5 Å². The second kappa shape index (κ2) is 33.7. The average Bonchev–Trinajstić information content (AvgIpc) is 3.59. The van der Waals surface area contributed by atoms with Gasteiger partial charge in [-0.15, -0.1) is 13.2 Å². The van der Waals surface area contributed by atoms with E-state index in [0.717, 1.165) is 49.8 Å². The van der Waals surface area contributed by atoms with E-state index in [0.29, 0.717) is 24.3 Å². The second-order valence-corrected chi connectivity index (χ2v) is 14.2. The molecule has 1 aromatic carbocycles. The van der Waals surface area contributed by atoms with E-state index in [1.54, 1.807) is 21.1 Å². The summed E-state index contributed by atoms with van der Waals surface area (Å²) < 4.78 is 11.2. The van der Waals surface area contributed by atoms with Gasteiger partial charge < -0.3 is 45.5 Å². The van der Waals surface area contributed by atoms with E-state index in [1.165, 1.54) is 6.42 Å². The largest absolute Gasteiger partial charge is 0.480 e. The fraction of sp³-hybridized carbons (Fsp3) is 0.674. The van der Waals surface area contributed by atoms with Crippen LogP contribution in [0.4, 0.5) is 0 Å². The number of nitrogens with two attached hydrogens (primary N) is 1. The van der Waals surface area contributed by atoms with Gasteiger partial charge in [0, 0.05) is 58.3 Å². The van der Waals surface area contributed by atoms with Crippen molar-refractivity contribution in [2.75, 3.05) is 41.9 Å². The molecule has 2 rings (SSSR count). The van der Waals surface area contributed by atoms with Gasteiger partial charge in [0.05, 0.1) is 24.2 Å². The molecular formula is C43H79N5O7. The van der Waals surface area contributed by atoms with Crippen molar-refractivity contribution in [3.05, 3.63) is 61.3 Å². The first kappa shape index (κ1) is 55.8. The number of carboxylic acids is 1. The smallest absolute Gasteiger partial charge is 0.326 e. The van der Waals surface area contributed by atoms with Crippen molar-refractivity contribution in [1.29, 1.82) is 0 Å². The van der Waals surface area contributed by atoms with E-state index in [4.69, 9.17) is 14.3 Å². The summed E-state index contributed by atoms with van der Waals surface area (Å²) in [4.78, 5) is 48.2. The summed E-state index contributed by atoms with van der Waals surface area (Å²) in [6.45, 7) is 26.1. The molecule has 318 valence electrons. The molecule has 1 aliphatic rings. The van der Waals surface area contributed by atoms with Crippen LogP contribution in [-0.4, -0.2) is 118 Å². The fourth-order valence-electron chi connectivity index (χ4n) is 6.54. The number of likely N-dealkylation sites (tertiary alicyclic amines) is 1. The first-order chi connectivity index (χ1) is 26.1. The summed E-state index contributed by atoms with van der Waals surface area (Å²) in [5.74, 6) is -0.760. The molecule has 1 heterocycles. The number of rotatable bonds is 20. The van der Waals surface area contributed by atoms with E-state index in [-0.39, 0.29) is 43.0 Å². The van der Waals surface area contributed by atoms with Gasteiger partial charge in [-0.2, -0.15) is 0 Å². The summed E-state index contributed by atoms with van der Waals surface area (Å²) >= 11 is 0. The molecule has 0 bridgehead atoms. The quantitative estimate of drug-likeness (QED) is 0.0920. The Bertz CT molecular complexity index is 1160. The molecule has 8 atom stereocenters. The van der Waals surface area contributed by atoms with Gasteiger partial charge in [-0.1, -0.05) is 98.2 Å². The second-order valence-electron chi connectivity index (χ2n) is 14.2. The Morgan fingerprint density at radius 2 is 1.62 bits per heavy atom. The first-order valence-electron chi connectivity index (χ1n) is 19.6. The predicted octanol–water partition coefficient (Wildman–Crippen LogP) is 5.95. The van der Waals surface area contributed by atoms with Crippen LogP contribution >= 0.6 is 0 Å². The molecule has 1 fully saturated rings. The number of ether oxygens (including phenoxy) is 2. The maximum Gasteiger partial charge on any atom is 0.326 e. The summed E-state index contributed by atoms with van der Waals surface area (Å²) in [6.07, 6.45) is 6.79. The molecule has 0 saturated carbocycles. The minimum atomic E-state index is -1.03. The van der Waals surface area contributed by atoms with Crippen LogP contribution < -0.4 is 16.4 Å². The van der Waals surface area contributed by atoms with E-state index < -0.39 is 17.9 Å². The molecule has 0 aliphatic carbocycles. The summed E-state index contributed by atoms with van der Waals surface area (Å²) in [5.41, 5.74) is 6.13. The number of amides is 2. The highest BCUT2D eigenvalue weighted by atomic mass is 16.5. The van der Waals surface area contributed by atoms with Crippen molar-refractivity contribution >= 4 is 24.6 Å². The van der Waals surface area contributed by atoms with Crippen LogP contribution in [0.2, 0.25) is 0 Å². The van der Waals surface area contributed by atoms with Crippen molar-refractivity contribution in [3.63, 3.8) is 0 Å². The van der Waals surface area contributed by atoms with Crippen molar-refractivity contribution in [1.82, 2.24) is 20.4 Å². The number of nitrogens with zero attached hydrogens (tertiary/aromatic N) is 2. The minimum Gasteiger partial charge on any atom is -0.480 e. The van der Waals surface area contributed by atoms with Crippen LogP contribution in [0.3, 0.4) is 0 Å². The summed E-state index contributed by atoms with van der Waals surface area (Å²) in [5, 5.41) is 15.5. The number of carbonyl (C=O) groups is 4. The maximum atomic E-state index is 12.6. The number of hydrogen-bond donors (Lipinski definition) is 4. The fourth-order valence-corrected chi connectivity index (χ4v) is 6.54. The number of likely N-dealkylation sites (N-methyl/N-ethyl adjacent to an activating group) is 2. The topological polar surface area (TPSA) is 164 Å². The third kappa shape index (κ3) is 21.9. The van der Waals surface area contributed by atoms with Gasteiger partial charge in [-0.3, -0.25) is 9.59 Å². The Balaban J connectivity index is -0.000000831. The Kier molecular flexibility index (Phi) is 34.2. The average molecular weight is 778 g/mol. The van der Waals surface area contributed by atoms with Crippen LogP contribution in [0, 0.1) is 17.8 Å². The van der Waals surface area contributed by atoms with E-state index in [9.17, 15) is 19.5 Å². The number of aldehydes is 1. The van der Waals surface area contributed by atoms with Crippen molar-refractivity contribution < 1.29 is 33.8 Å². The highest BCUT2D eigenvalue weighted by Gasteiger charge is 2.37. The maximum absolute atomic E-state index is 12.6. The van der Waals surface area contributed by atoms with Gasteiger partial charge in [0.15, 0.2) is 0 Å². The van der Waals surface area contributed by atoms with Crippen LogP contribution in [0.25, 0.3) is 0 Å². The number of hydrogen-bond acceptors (Lipinski definition) is 9. The number of methoxy groups -OCH3 is 2. The summed E-state index contributed by atoms with van der Waals surface area (Å²) in [6, 6.07) is 9.11. The van der Waals surface area contributed by atoms with Crippen LogP contribution in [0.15, 0.2) is 55.8 Å². The number of carbonyl (C=O) groups excluding carboxylic acids is 3. The molecule has 12 heteroatoms. The van der Waals surface area contributed by atoms with E-state index >= 15 is 0 Å². The normalized spacial score (nSPS) is 17.1. The van der Waals surface area contributed by atoms with Gasteiger partial charge in [-0.05, 0) is 50.9 Å². The lowest BCUT2D eigenvalue weighted by atomic mass is 9.90. The molecule has 1 aromatic rings. The highest BCUT2D eigenvalue weighted by molar-refractivity contribution is 5.85. The van der Waals surface area contributed by atoms with Crippen LogP contribution in [-0.2, 0) is 35.1 Å². The Hall–Kier alpha value is -3.58. The number of primary amides is 1. The first-order valence-corrected chi connectivity index (χ1v) is 19.6. The lowest BCUT2D eigenvalue weighted by Gasteiger charge is -2.40. The molecule has 0 aromatic heterocycles. The zero-order chi connectivity index (χ0) is 43.1. The minimum absolute atomic E-state index is 0.0960. The zero-order valence-electron chi connectivity index (χ0n) is 36.4. The van der Waals surface area contributed by atoms with Gasteiger partial charge in [-0.25, -0.2) is 4.79 Å². The molecule has 1 saturated heterocycles. The summed E-state index contributed by atoms with van der Waals surface area (Å²) in [7, 11) is 9.39. The lowest BCUT2D eigenvalue weighted by molar-refractivity contribution is -0.143. The molecule has 5 N–H and O–H groups in total. The molecule has 0 spiro atoms. The van der Waals surface area contributed by atoms with E-state index in [1.807, 2.05) is 44.4 Å². The molecule has 12 nitrogen and oxygen atoms in total. The zero-order valence-corrected chi connectivity index (χ0v) is 36.4. The van der Waals surface area contributed by atoms with Gasteiger partial charge in [0.1, 0.15) is 12.3 Å². The van der Waals surface area contributed by atoms with Gasteiger partial charge in [0.2, 0.25) is 12.3 Å². The Labute approximate surface area is 334 Å². The highest BCUT2D eigenvalue weighted by Crippen LogP contribution is 2.26.